The van der Waals surface area contributed by atoms with E-state index in [1.807, 2.05) is 0 Å². The average molecular weight is 1060 g/mol. The van der Waals surface area contributed by atoms with Gasteiger partial charge in [0.2, 0.25) is 0 Å². The molecule has 0 bridgehead atoms. The van der Waals surface area contributed by atoms with Gasteiger partial charge in [-0.15, -0.1) is 37.9 Å². The highest BCUT2D eigenvalue weighted by Crippen LogP contribution is 2.53. The monoisotopic (exact) mass is 1050 g/mol. The van der Waals surface area contributed by atoms with Crippen LogP contribution in [0.3, 0.4) is 0 Å². The Morgan fingerprint density at radius 1 is 0.260 bits per heavy atom. The topological polar surface area (TPSA) is 27.7 Å². The van der Waals surface area contributed by atoms with Crippen molar-refractivity contribution >= 4 is 46.5 Å². The molecular formula is C66H87O3PS3. The van der Waals surface area contributed by atoms with Crippen LogP contribution in [0.4, 0.5) is 0 Å². The van der Waals surface area contributed by atoms with E-state index < -0.39 is 8.60 Å². The first kappa shape index (κ1) is 58.5. The third kappa shape index (κ3) is 12.9. The maximum atomic E-state index is 7.39. The van der Waals surface area contributed by atoms with Crippen LogP contribution >= 0.6 is 46.5 Å². The molecule has 0 aliphatic heterocycles. The van der Waals surface area contributed by atoms with Crippen molar-refractivity contribution in [3.63, 3.8) is 0 Å². The van der Waals surface area contributed by atoms with Gasteiger partial charge in [0.25, 0.3) is 0 Å². The van der Waals surface area contributed by atoms with Crippen LogP contribution in [0, 0.1) is 41.5 Å². The summed E-state index contributed by atoms with van der Waals surface area (Å²) < 4.78 is 22.2. The fourth-order valence-corrected chi connectivity index (χ4v) is 12.8. The lowest BCUT2D eigenvalue weighted by atomic mass is 9.81. The number of hydrogen-bond acceptors (Lipinski definition) is 6. The zero-order valence-electron chi connectivity index (χ0n) is 48.9. The average Bonchev–Trinajstić information content (AvgIpc) is 3.19. The minimum Gasteiger partial charge on any atom is -0.408 e. The second-order valence-corrected chi connectivity index (χ2v) is 29.5. The molecule has 0 heterocycles. The minimum atomic E-state index is -2.13. The first-order chi connectivity index (χ1) is 33.2. The third-order valence-electron chi connectivity index (χ3n) is 14.2. The summed E-state index contributed by atoms with van der Waals surface area (Å²) in [4.78, 5) is 3.04. The zero-order chi connectivity index (χ0) is 55.0. The van der Waals surface area contributed by atoms with Gasteiger partial charge in [-0.1, -0.05) is 125 Å². The maximum Gasteiger partial charge on any atom is 0.530 e. The van der Waals surface area contributed by atoms with Crippen molar-refractivity contribution in [2.45, 2.75) is 213 Å². The smallest absolute Gasteiger partial charge is 0.408 e. The molecule has 0 aliphatic carbocycles. The second-order valence-electron chi connectivity index (χ2n) is 27.0. The van der Waals surface area contributed by atoms with E-state index in [1.54, 1.807) is 0 Å². The molecule has 73 heavy (non-hydrogen) atoms. The van der Waals surface area contributed by atoms with E-state index in [9.17, 15) is 0 Å². The quantitative estimate of drug-likeness (QED) is 0.0995. The molecule has 6 aromatic carbocycles. The number of rotatable bonds is 9. The molecule has 3 nitrogen and oxygen atoms in total. The van der Waals surface area contributed by atoms with Crippen LogP contribution in [0.1, 0.15) is 191 Å². The summed E-state index contributed by atoms with van der Waals surface area (Å²) in [5.74, 6) is 2.22. The number of thiol groups is 3. The first-order valence-electron chi connectivity index (χ1n) is 26.0. The SMILES string of the molecule is Cc1cc(S)c(C(C)(C)C)cc1-c1cc(C(C)(C)C)c(OP(Oc2cc(C)c(-c3cc(C(C)(C)C)c(S)cc3C)cc2C(C)(C)C)Oc2cc(C)c(-c3cc(C(C)(C)C)c(S)cc3C)cc2C(C)(C)C)cc1C. The van der Waals surface area contributed by atoms with E-state index in [0.29, 0.717) is 0 Å². The van der Waals surface area contributed by atoms with Gasteiger partial charge in [-0.05, 0) is 230 Å². The fourth-order valence-electron chi connectivity index (χ4n) is 9.95. The highest BCUT2D eigenvalue weighted by atomic mass is 32.1. The van der Waals surface area contributed by atoms with Gasteiger partial charge in [-0.3, -0.25) is 0 Å². The van der Waals surface area contributed by atoms with Gasteiger partial charge >= 0.3 is 8.60 Å². The molecule has 0 aromatic heterocycles. The Balaban J connectivity index is 1.60. The first-order valence-corrected chi connectivity index (χ1v) is 28.4. The molecule has 0 atom stereocenters. The molecule has 6 aromatic rings. The largest absolute Gasteiger partial charge is 0.530 e. The summed E-state index contributed by atoms with van der Waals surface area (Å²) >= 11 is 14.9. The molecular weight excluding hydrogens is 968 g/mol. The van der Waals surface area contributed by atoms with Crippen LogP contribution in [0.2, 0.25) is 0 Å². The number of aryl methyl sites for hydroxylation is 6. The van der Waals surface area contributed by atoms with Gasteiger partial charge in [0.05, 0.1) is 0 Å². The van der Waals surface area contributed by atoms with Crippen molar-refractivity contribution in [2.75, 3.05) is 0 Å². The lowest BCUT2D eigenvalue weighted by Crippen LogP contribution is -2.18. The summed E-state index contributed by atoms with van der Waals surface area (Å²) in [5.41, 5.74) is 19.7. The van der Waals surface area contributed by atoms with Crippen LogP contribution < -0.4 is 13.6 Å². The van der Waals surface area contributed by atoms with Crippen molar-refractivity contribution < 1.29 is 13.6 Å². The standard InChI is InChI=1S/C66H87O3PS3/c1-37-25-55(49(61(7,8)9)31-43(37)46-34-52(64(16,17)18)58(71)28-40(46)4)67-70(68-56-26-38(2)44(32-50(56)62(10,11)12)47-35-53(65(19,20)21)59(72)29-41(47)5)69-57-27-39(3)45(33-51(57)63(13,14)15)48-36-54(66(22,23)24)60(73)30-42(48)6/h25-36,71-73H,1-24H3. The van der Waals surface area contributed by atoms with E-state index in [-0.39, 0.29) is 32.5 Å². The van der Waals surface area contributed by atoms with Crippen LogP contribution in [0.5, 0.6) is 17.2 Å². The molecule has 7 heteroatoms. The Morgan fingerprint density at radius 2 is 0.425 bits per heavy atom. The molecule has 0 radical (unpaired) electrons. The second kappa shape index (κ2) is 20.6. The van der Waals surface area contributed by atoms with E-state index in [0.717, 1.165) is 65.3 Å². The molecule has 392 valence electrons. The van der Waals surface area contributed by atoms with Crippen LogP contribution in [0.15, 0.2) is 87.5 Å². The van der Waals surface area contributed by atoms with E-state index >= 15 is 0 Å². The maximum absolute atomic E-state index is 7.39. The zero-order valence-corrected chi connectivity index (χ0v) is 52.5. The summed E-state index contributed by atoms with van der Waals surface area (Å²) in [6.45, 7) is 53.6. The predicted octanol–water partition coefficient (Wildman–Crippen LogP) is 21.0. The van der Waals surface area contributed by atoms with Crippen LogP contribution in [-0.2, 0) is 32.5 Å². The number of benzene rings is 6. The predicted molar refractivity (Wildman–Crippen MR) is 327 cm³/mol. The highest BCUT2D eigenvalue weighted by molar-refractivity contribution is 7.80. The van der Waals surface area contributed by atoms with E-state index in [1.165, 1.54) is 66.8 Å². The van der Waals surface area contributed by atoms with Gasteiger partial charge in [-0.25, -0.2) is 0 Å². The third-order valence-corrected chi connectivity index (χ3v) is 16.4. The molecule has 0 amide bonds. The van der Waals surface area contributed by atoms with Crippen molar-refractivity contribution in [2.24, 2.45) is 0 Å². The van der Waals surface area contributed by atoms with Gasteiger partial charge < -0.3 is 13.6 Å². The Kier molecular flexibility index (Phi) is 16.5. The Morgan fingerprint density at radius 3 is 0.603 bits per heavy atom. The van der Waals surface area contributed by atoms with Crippen molar-refractivity contribution in [1.29, 1.82) is 0 Å². The summed E-state index contributed by atoms with van der Waals surface area (Å²) in [5, 5.41) is 0. The minimum absolute atomic E-state index is 0.0741. The molecule has 0 saturated carbocycles. The Hall–Kier alpha value is -3.80. The van der Waals surface area contributed by atoms with Crippen LogP contribution in [0.25, 0.3) is 33.4 Å². The molecule has 0 spiro atoms. The van der Waals surface area contributed by atoms with Gasteiger partial charge in [0.15, 0.2) is 0 Å². The lowest BCUT2D eigenvalue weighted by Gasteiger charge is -2.31. The normalized spacial score (nSPS) is 13.0. The van der Waals surface area contributed by atoms with Gasteiger partial charge in [0, 0.05) is 31.4 Å². The van der Waals surface area contributed by atoms with E-state index in [4.69, 9.17) is 51.5 Å². The van der Waals surface area contributed by atoms with Crippen molar-refractivity contribution in [3.8, 4) is 50.6 Å². The molecule has 6 rings (SSSR count). The van der Waals surface area contributed by atoms with E-state index in [2.05, 4.69) is 239 Å². The van der Waals surface area contributed by atoms with Gasteiger partial charge in [0.1, 0.15) is 17.2 Å². The lowest BCUT2D eigenvalue weighted by molar-refractivity contribution is 0.372. The highest BCUT2D eigenvalue weighted by Gasteiger charge is 2.34. The molecule has 0 fully saturated rings. The Labute approximate surface area is 460 Å². The summed E-state index contributed by atoms with van der Waals surface area (Å²) in [7, 11) is -2.13. The fraction of sp³-hybridized carbons (Fsp3) is 0.455. The van der Waals surface area contributed by atoms with Gasteiger partial charge in [-0.2, -0.15) is 0 Å². The van der Waals surface area contributed by atoms with Crippen molar-refractivity contribution in [1.82, 2.24) is 0 Å². The molecule has 0 unspecified atom stereocenters. The summed E-state index contributed by atoms with van der Waals surface area (Å²) in [6.07, 6.45) is 0. The summed E-state index contributed by atoms with van der Waals surface area (Å²) in [6, 6.07) is 27.2. The molecule has 0 N–H and O–H groups in total. The Bertz CT molecular complexity index is 2750. The van der Waals surface area contributed by atoms with Crippen LogP contribution in [-0.4, -0.2) is 0 Å². The number of hydrogen-bond donors (Lipinski definition) is 3. The molecule has 0 aliphatic rings. The molecule has 0 saturated heterocycles. The van der Waals surface area contributed by atoms with Crippen molar-refractivity contribution in [3.05, 3.63) is 140 Å².